The normalized spacial score (nSPS) is 18.1. The molecule has 1 fully saturated rings. The number of hydrogen-bond donors (Lipinski definition) is 1. The average molecular weight is 287 g/mol. The summed E-state index contributed by atoms with van der Waals surface area (Å²) in [6, 6.07) is 12.6. The molecule has 0 aromatic heterocycles. The fourth-order valence-corrected chi connectivity index (χ4v) is 3.31. The second-order valence-corrected chi connectivity index (χ2v) is 5.95. The van der Waals surface area contributed by atoms with Gasteiger partial charge in [-0.15, -0.1) is 0 Å². The van der Waals surface area contributed by atoms with Crippen molar-refractivity contribution in [3.8, 4) is 0 Å². The molecule has 3 heteroatoms. The third-order valence-corrected chi connectivity index (χ3v) is 4.83. The van der Waals surface area contributed by atoms with Gasteiger partial charge >= 0.3 is 0 Å². The largest absolute Gasteiger partial charge is 0.323 e. The van der Waals surface area contributed by atoms with Crippen LogP contribution >= 0.6 is 0 Å². The highest BCUT2D eigenvalue weighted by Gasteiger charge is 2.45. The first-order chi connectivity index (χ1) is 10.1. The molecule has 0 aliphatic heterocycles. The zero-order valence-electron chi connectivity index (χ0n) is 12.1. The van der Waals surface area contributed by atoms with E-state index in [0.717, 1.165) is 24.8 Å². The highest BCUT2D eigenvalue weighted by Crippen LogP contribution is 2.51. The zero-order valence-corrected chi connectivity index (χ0v) is 12.1. The summed E-state index contributed by atoms with van der Waals surface area (Å²) in [5, 5.41) is 0. The highest BCUT2D eigenvalue weighted by atomic mass is 19.2. The quantitative estimate of drug-likeness (QED) is 0.890. The molecule has 21 heavy (non-hydrogen) atoms. The van der Waals surface area contributed by atoms with Gasteiger partial charge in [-0.25, -0.2) is 8.78 Å². The van der Waals surface area contributed by atoms with Crippen LogP contribution in [-0.4, -0.2) is 0 Å². The summed E-state index contributed by atoms with van der Waals surface area (Å²) < 4.78 is 28.1. The third-order valence-electron chi connectivity index (χ3n) is 4.83. The van der Waals surface area contributed by atoms with Gasteiger partial charge in [-0.3, -0.25) is 0 Å². The van der Waals surface area contributed by atoms with Gasteiger partial charge in [0.15, 0.2) is 11.6 Å². The maximum absolute atomic E-state index is 14.3. The third kappa shape index (κ3) is 2.16. The Kier molecular flexibility index (Phi) is 3.54. The minimum absolute atomic E-state index is 0.274. The van der Waals surface area contributed by atoms with Crippen molar-refractivity contribution in [2.45, 2.75) is 37.6 Å². The van der Waals surface area contributed by atoms with Crippen molar-refractivity contribution in [2.24, 2.45) is 5.73 Å². The Balaban J connectivity index is 2.05. The lowest BCUT2D eigenvalue weighted by Crippen LogP contribution is -2.44. The maximum Gasteiger partial charge on any atom is 0.163 e. The standard InChI is InChI=1S/C18H19F2N/c1-12-8-9-14(16(20)15(12)19)17(21)18(10-5-11-18)13-6-3-2-4-7-13/h2-4,6-9,17H,5,10-11,21H2,1H3. The van der Waals surface area contributed by atoms with E-state index in [-0.39, 0.29) is 11.0 Å². The Bertz CT molecular complexity index is 648. The van der Waals surface area contributed by atoms with Crippen molar-refractivity contribution in [3.05, 3.63) is 70.8 Å². The molecule has 0 spiro atoms. The van der Waals surface area contributed by atoms with E-state index in [1.807, 2.05) is 30.3 Å². The van der Waals surface area contributed by atoms with Gasteiger partial charge < -0.3 is 5.73 Å². The van der Waals surface area contributed by atoms with E-state index in [4.69, 9.17) is 5.73 Å². The molecule has 0 radical (unpaired) electrons. The minimum atomic E-state index is -0.801. The number of halogens is 2. The van der Waals surface area contributed by atoms with Crippen molar-refractivity contribution in [2.75, 3.05) is 0 Å². The number of aryl methyl sites for hydroxylation is 1. The van der Waals surface area contributed by atoms with Crippen molar-refractivity contribution in [1.82, 2.24) is 0 Å². The molecule has 2 aromatic rings. The Hall–Kier alpha value is -1.74. The number of benzene rings is 2. The molecule has 1 saturated carbocycles. The van der Waals surface area contributed by atoms with Crippen molar-refractivity contribution < 1.29 is 8.78 Å². The molecular formula is C18H19F2N. The van der Waals surface area contributed by atoms with Crippen molar-refractivity contribution in [1.29, 1.82) is 0 Å². The van der Waals surface area contributed by atoms with Crippen LogP contribution in [0.3, 0.4) is 0 Å². The molecule has 1 aliphatic carbocycles. The molecule has 0 saturated heterocycles. The van der Waals surface area contributed by atoms with Gasteiger partial charge in [0, 0.05) is 17.0 Å². The first-order valence-electron chi connectivity index (χ1n) is 7.32. The van der Waals surface area contributed by atoms with E-state index < -0.39 is 17.7 Å². The van der Waals surface area contributed by atoms with Gasteiger partial charge in [0.25, 0.3) is 0 Å². The van der Waals surface area contributed by atoms with Crippen molar-refractivity contribution in [3.63, 3.8) is 0 Å². The fourth-order valence-electron chi connectivity index (χ4n) is 3.31. The predicted molar refractivity (Wildman–Crippen MR) is 80.0 cm³/mol. The Morgan fingerprint density at radius 2 is 1.67 bits per heavy atom. The van der Waals surface area contributed by atoms with Crippen LogP contribution in [0, 0.1) is 18.6 Å². The van der Waals surface area contributed by atoms with Crippen LogP contribution in [0.5, 0.6) is 0 Å². The Morgan fingerprint density at radius 3 is 2.24 bits per heavy atom. The molecule has 0 heterocycles. The Labute approximate surface area is 123 Å². The lowest BCUT2D eigenvalue weighted by molar-refractivity contribution is 0.193. The second kappa shape index (κ2) is 5.23. The van der Waals surface area contributed by atoms with Gasteiger partial charge in [-0.1, -0.05) is 48.9 Å². The van der Waals surface area contributed by atoms with Crippen LogP contribution in [-0.2, 0) is 5.41 Å². The molecule has 0 amide bonds. The van der Waals surface area contributed by atoms with Crippen molar-refractivity contribution >= 4 is 0 Å². The summed E-state index contributed by atoms with van der Waals surface area (Å²) in [5.74, 6) is -1.59. The van der Waals surface area contributed by atoms with Crippen LogP contribution in [0.1, 0.15) is 42.0 Å². The van der Waals surface area contributed by atoms with E-state index in [0.29, 0.717) is 5.56 Å². The van der Waals surface area contributed by atoms with Crippen LogP contribution < -0.4 is 5.73 Å². The number of hydrogen-bond acceptors (Lipinski definition) is 1. The van der Waals surface area contributed by atoms with E-state index in [1.54, 1.807) is 19.1 Å². The smallest absolute Gasteiger partial charge is 0.163 e. The Morgan fingerprint density at radius 1 is 1.00 bits per heavy atom. The molecule has 1 aliphatic rings. The molecule has 3 rings (SSSR count). The van der Waals surface area contributed by atoms with Crippen LogP contribution in [0.15, 0.2) is 42.5 Å². The maximum atomic E-state index is 14.3. The number of nitrogens with two attached hydrogens (primary N) is 1. The topological polar surface area (TPSA) is 26.0 Å². The monoisotopic (exact) mass is 287 g/mol. The minimum Gasteiger partial charge on any atom is -0.323 e. The first kappa shape index (κ1) is 14.2. The predicted octanol–water partition coefficient (Wildman–Crippen LogP) is 4.39. The summed E-state index contributed by atoms with van der Waals surface area (Å²) in [6.07, 6.45) is 2.89. The van der Waals surface area contributed by atoms with Gasteiger partial charge in [0.1, 0.15) is 0 Å². The highest BCUT2D eigenvalue weighted by molar-refractivity contribution is 5.37. The van der Waals surface area contributed by atoms with Crippen LogP contribution in [0.25, 0.3) is 0 Å². The lowest BCUT2D eigenvalue weighted by Gasteiger charge is -2.47. The summed E-state index contributed by atoms with van der Waals surface area (Å²) in [5.41, 5.74) is 7.81. The SMILES string of the molecule is Cc1ccc(C(N)C2(c3ccccc3)CCC2)c(F)c1F. The van der Waals surface area contributed by atoms with E-state index >= 15 is 0 Å². The summed E-state index contributed by atoms with van der Waals surface area (Å²) in [6.45, 7) is 1.56. The number of rotatable bonds is 3. The van der Waals surface area contributed by atoms with Crippen LogP contribution in [0.2, 0.25) is 0 Å². The summed E-state index contributed by atoms with van der Waals surface area (Å²) >= 11 is 0. The summed E-state index contributed by atoms with van der Waals surface area (Å²) in [7, 11) is 0. The van der Waals surface area contributed by atoms with Crippen LogP contribution in [0.4, 0.5) is 8.78 Å². The molecule has 2 N–H and O–H groups in total. The van der Waals surface area contributed by atoms with E-state index in [1.165, 1.54) is 0 Å². The van der Waals surface area contributed by atoms with Gasteiger partial charge in [-0.05, 0) is 30.9 Å². The fraction of sp³-hybridized carbons (Fsp3) is 0.333. The average Bonchev–Trinajstić information content (AvgIpc) is 2.45. The lowest BCUT2D eigenvalue weighted by atomic mass is 9.59. The van der Waals surface area contributed by atoms with E-state index in [2.05, 4.69) is 0 Å². The van der Waals surface area contributed by atoms with Gasteiger partial charge in [-0.2, -0.15) is 0 Å². The first-order valence-corrected chi connectivity index (χ1v) is 7.32. The van der Waals surface area contributed by atoms with Gasteiger partial charge in [0.2, 0.25) is 0 Å². The van der Waals surface area contributed by atoms with Gasteiger partial charge in [0.05, 0.1) is 0 Å². The molecule has 1 nitrogen and oxygen atoms in total. The second-order valence-electron chi connectivity index (χ2n) is 5.95. The molecule has 1 unspecified atom stereocenters. The van der Waals surface area contributed by atoms with E-state index in [9.17, 15) is 8.78 Å². The molecule has 2 aromatic carbocycles. The zero-order chi connectivity index (χ0) is 15.0. The summed E-state index contributed by atoms with van der Waals surface area (Å²) in [4.78, 5) is 0. The molecule has 110 valence electrons. The molecular weight excluding hydrogens is 268 g/mol. The molecule has 0 bridgehead atoms. The molecule has 1 atom stereocenters.